The minimum absolute atomic E-state index is 0.250. The van der Waals surface area contributed by atoms with E-state index in [2.05, 4.69) is 16.1 Å². The van der Waals surface area contributed by atoms with Crippen LogP contribution in [0.2, 0.25) is 0 Å². The number of carbonyl (C=O) groups excluding carboxylic acids is 2. The number of hydrogen-bond donors (Lipinski definition) is 2. The lowest BCUT2D eigenvalue weighted by Gasteiger charge is -1.92. The van der Waals surface area contributed by atoms with Crippen LogP contribution in [-0.4, -0.2) is 41.3 Å². The Labute approximate surface area is 112 Å². The van der Waals surface area contributed by atoms with E-state index in [1.165, 1.54) is 6.92 Å². The smallest absolute Gasteiger partial charge is 0.330 e. The molecule has 0 heterocycles. The zero-order valence-electron chi connectivity index (χ0n) is 11.3. The summed E-state index contributed by atoms with van der Waals surface area (Å²) in [7, 11) is 0. The maximum absolute atomic E-state index is 10.4. The van der Waals surface area contributed by atoms with Crippen molar-refractivity contribution in [2.75, 3.05) is 13.2 Å². The summed E-state index contributed by atoms with van der Waals surface area (Å²) < 4.78 is 8.57. The molecule has 0 aliphatic heterocycles. The van der Waals surface area contributed by atoms with E-state index in [0.29, 0.717) is 0 Å². The number of carboxylic acids is 1. The molecular formula is C12H20O7. The largest absolute Gasteiger partial charge is 0.478 e. The first-order chi connectivity index (χ1) is 8.85. The highest BCUT2D eigenvalue weighted by atomic mass is 16.5. The molecule has 7 nitrogen and oxygen atoms in total. The first-order valence-corrected chi connectivity index (χ1v) is 5.32. The van der Waals surface area contributed by atoms with Gasteiger partial charge >= 0.3 is 17.9 Å². The van der Waals surface area contributed by atoms with Crippen LogP contribution in [-0.2, 0) is 23.9 Å². The van der Waals surface area contributed by atoms with Crippen molar-refractivity contribution in [1.82, 2.24) is 0 Å². The van der Waals surface area contributed by atoms with Gasteiger partial charge in [0.05, 0.1) is 12.9 Å². The van der Waals surface area contributed by atoms with Crippen LogP contribution in [0.4, 0.5) is 0 Å². The van der Waals surface area contributed by atoms with Crippen LogP contribution in [0, 0.1) is 0 Å². The Morgan fingerprint density at radius 1 is 1.21 bits per heavy atom. The van der Waals surface area contributed by atoms with Crippen LogP contribution in [0.5, 0.6) is 0 Å². The molecule has 0 radical (unpaired) electrons. The Morgan fingerprint density at radius 2 is 1.68 bits per heavy atom. The zero-order chi connectivity index (χ0) is 15.7. The van der Waals surface area contributed by atoms with Crippen LogP contribution in [0.1, 0.15) is 20.8 Å². The standard InChI is InChI=1S/C6H8O4.C4H6O2.C2H6O/c1-2-10-6(9)4-3-5(7)8;1-3-6-4(2)5;1-2-3/h3-4H,2H2,1H3,(H,7,8);3H,1H2,2H3;3H,2H2,1H3/b4-3-;;. The number of aliphatic hydroxyl groups is 1. The highest BCUT2D eigenvalue weighted by Crippen LogP contribution is 1.80. The highest BCUT2D eigenvalue weighted by molar-refractivity contribution is 5.90. The topological polar surface area (TPSA) is 110 Å². The molecule has 7 heteroatoms. The molecule has 0 bridgehead atoms. The minimum Gasteiger partial charge on any atom is -0.478 e. The average Bonchev–Trinajstić information content (AvgIpc) is 2.28. The highest BCUT2D eigenvalue weighted by Gasteiger charge is 1.94. The molecule has 0 aromatic carbocycles. The molecule has 0 saturated carbocycles. The normalized spacial score (nSPS) is 8.21. The average molecular weight is 276 g/mol. The maximum Gasteiger partial charge on any atom is 0.330 e. The lowest BCUT2D eigenvalue weighted by atomic mass is 10.5. The summed E-state index contributed by atoms with van der Waals surface area (Å²) in [6.45, 7) is 8.31. The second-order valence-corrected chi connectivity index (χ2v) is 2.52. The van der Waals surface area contributed by atoms with Crippen LogP contribution in [0.25, 0.3) is 0 Å². The van der Waals surface area contributed by atoms with E-state index < -0.39 is 11.9 Å². The van der Waals surface area contributed by atoms with Crippen molar-refractivity contribution >= 4 is 17.9 Å². The Kier molecular flexibility index (Phi) is 21.2. The summed E-state index contributed by atoms with van der Waals surface area (Å²) >= 11 is 0. The van der Waals surface area contributed by atoms with Gasteiger partial charge in [0.25, 0.3) is 0 Å². The Morgan fingerprint density at radius 3 is 1.89 bits per heavy atom. The molecule has 0 amide bonds. The molecule has 0 aromatic heterocycles. The predicted octanol–water partition coefficient (Wildman–Crippen LogP) is 0.882. The molecule has 19 heavy (non-hydrogen) atoms. The van der Waals surface area contributed by atoms with Gasteiger partial charge in [0, 0.05) is 25.7 Å². The van der Waals surface area contributed by atoms with Gasteiger partial charge in [-0.05, 0) is 13.8 Å². The van der Waals surface area contributed by atoms with E-state index in [9.17, 15) is 14.4 Å². The number of esters is 2. The van der Waals surface area contributed by atoms with Gasteiger partial charge in [0.1, 0.15) is 0 Å². The second-order valence-electron chi connectivity index (χ2n) is 2.52. The van der Waals surface area contributed by atoms with E-state index in [1.807, 2.05) is 0 Å². The molecule has 0 unspecified atom stereocenters. The third-order valence-corrected chi connectivity index (χ3v) is 0.898. The number of carboxylic acid groups (broad SMARTS) is 1. The summed E-state index contributed by atoms with van der Waals surface area (Å²) in [5.74, 6) is -2.12. The van der Waals surface area contributed by atoms with E-state index in [0.717, 1.165) is 18.4 Å². The number of rotatable bonds is 4. The zero-order valence-corrected chi connectivity index (χ0v) is 11.3. The lowest BCUT2D eigenvalue weighted by molar-refractivity contribution is -0.138. The molecule has 0 spiro atoms. The van der Waals surface area contributed by atoms with Crippen LogP contribution in [0.15, 0.2) is 25.0 Å². The lowest BCUT2D eigenvalue weighted by Crippen LogP contribution is -2.00. The van der Waals surface area contributed by atoms with Crippen molar-refractivity contribution in [2.24, 2.45) is 0 Å². The van der Waals surface area contributed by atoms with Gasteiger partial charge in [-0.1, -0.05) is 6.58 Å². The fourth-order valence-electron chi connectivity index (χ4n) is 0.447. The van der Waals surface area contributed by atoms with Gasteiger partial charge in [-0.25, -0.2) is 9.59 Å². The maximum atomic E-state index is 10.4. The molecule has 2 N–H and O–H groups in total. The fraction of sp³-hybridized carbons (Fsp3) is 0.417. The number of carbonyl (C=O) groups is 3. The van der Waals surface area contributed by atoms with Crippen molar-refractivity contribution < 1.29 is 34.1 Å². The van der Waals surface area contributed by atoms with E-state index in [-0.39, 0.29) is 19.2 Å². The van der Waals surface area contributed by atoms with Crippen molar-refractivity contribution in [3.8, 4) is 0 Å². The van der Waals surface area contributed by atoms with Gasteiger partial charge in [0.15, 0.2) is 0 Å². The molecule has 0 fully saturated rings. The molecular weight excluding hydrogens is 256 g/mol. The predicted molar refractivity (Wildman–Crippen MR) is 68.1 cm³/mol. The van der Waals surface area contributed by atoms with Crippen LogP contribution >= 0.6 is 0 Å². The molecule has 0 saturated heterocycles. The Hall–Kier alpha value is -2.15. The van der Waals surface area contributed by atoms with Crippen LogP contribution in [0.3, 0.4) is 0 Å². The van der Waals surface area contributed by atoms with E-state index in [4.69, 9.17) is 10.2 Å². The monoisotopic (exact) mass is 276 g/mol. The quantitative estimate of drug-likeness (QED) is 0.445. The van der Waals surface area contributed by atoms with Crippen molar-refractivity contribution in [2.45, 2.75) is 20.8 Å². The summed E-state index contributed by atoms with van der Waals surface area (Å²) in [5.41, 5.74) is 0. The Balaban J connectivity index is -0.000000242. The van der Waals surface area contributed by atoms with Gasteiger partial charge in [-0.3, -0.25) is 4.79 Å². The molecule has 0 aromatic rings. The molecule has 110 valence electrons. The minimum atomic E-state index is -1.16. The number of aliphatic carboxylic acids is 1. The molecule has 0 aliphatic carbocycles. The van der Waals surface area contributed by atoms with Gasteiger partial charge in [-0.2, -0.15) is 0 Å². The fourth-order valence-corrected chi connectivity index (χ4v) is 0.447. The molecule has 0 aliphatic rings. The summed E-state index contributed by atoms with van der Waals surface area (Å²) in [4.78, 5) is 29.9. The van der Waals surface area contributed by atoms with Gasteiger partial charge < -0.3 is 19.7 Å². The van der Waals surface area contributed by atoms with Gasteiger partial charge in [-0.15, -0.1) is 0 Å². The summed E-state index contributed by atoms with van der Waals surface area (Å²) in [6.07, 6.45) is 2.70. The molecule has 0 atom stereocenters. The van der Waals surface area contributed by atoms with Crippen LogP contribution < -0.4 is 0 Å². The summed E-state index contributed by atoms with van der Waals surface area (Å²) in [5, 5.41) is 15.6. The third-order valence-electron chi connectivity index (χ3n) is 0.898. The number of ether oxygens (including phenoxy) is 2. The van der Waals surface area contributed by atoms with E-state index >= 15 is 0 Å². The van der Waals surface area contributed by atoms with E-state index in [1.54, 1.807) is 13.8 Å². The van der Waals surface area contributed by atoms with Crippen molar-refractivity contribution in [1.29, 1.82) is 0 Å². The number of hydrogen-bond acceptors (Lipinski definition) is 6. The van der Waals surface area contributed by atoms with Gasteiger partial charge in [0.2, 0.25) is 0 Å². The Bertz CT molecular complexity index is 294. The first-order valence-electron chi connectivity index (χ1n) is 5.32. The first kappa shape index (κ1) is 22.1. The third kappa shape index (κ3) is 38.8. The number of aliphatic hydroxyl groups excluding tert-OH is 1. The SMILES string of the molecule is C=COC(C)=O.CCO.CCOC(=O)/C=C\C(=O)O. The molecule has 0 rings (SSSR count). The second kappa shape index (κ2) is 18.2. The summed E-state index contributed by atoms with van der Waals surface area (Å²) in [6, 6.07) is 0. The van der Waals surface area contributed by atoms with Crippen molar-refractivity contribution in [3.63, 3.8) is 0 Å². The van der Waals surface area contributed by atoms with Crippen molar-refractivity contribution in [3.05, 3.63) is 25.0 Å².